The molecule has 6 nitrogen and oxygen atoms in total. The number of hydrogen-bond donors (Lipinski definition) is 2. The molecule has 1 atom stereocenters. The third-order valence-electron chi connectivity index (χ3n) is 4.96. The minimum Gasteiger partial charge on any atom is -0.395 e. The molecule has 0 aliphatic heterocycles. The van der Waals surface area contributed by atoms with Gasteiger partial charge in [-0.2, -0.15) is 0 Å². The lowest BCUT2D eigenvalue weighted by molar-refractivity contribution is 0.130. The van der Waals surface area contributed by atoms with Crippen molar-refractivity contribution in [3.05, 3.63) is 69.8 Å². The summed E-state index contributed by atoms with van der Waals surface area (Å²) in [5.74, 6) is 0. The zero-order valence-corrected chi connectivity index (χ0v) is 14.1. The van der Waals surface area contributed by atoms with Gasteiger partial charge in [0.05, 0.1) is 12.3 Å². The number of fused-ring (bicyclic) bond motifs is 2. The van der Waals surface area contributed by atoms with Crippen molar-refractivity contribution in [3.63, 3.8) is 0 Å². The molecule has 6 heteroatoms. The van der Waals surface area contributed by atoms with Crippen LogP contribution in [0.25, 0.3) is 5.65 Å². The molecule has 2 heterocycles. The standard InChI is InChI=1S/C19H22N4O2/c24-11-10-22(17-7-3-5-14-4-1-2-6-16(14)17)13-15-12-19(25)23-18(21-15)8-9-20-23/h1-2,4,6,8-9,12,17,20,24H,3,5,7,10-11,13H2. The number of aromatic nitrogens is 3. The predicted octanol–water partition coefficient (Wildman–Crippen LogP) is 1.89. The van der Waals surface area contributed by atoms with Crippen LogP contribution in [-0.4, -0.2) is 37.8 Å². The maximum absolute atomic E-state index is 12.2. The van der Waals surface area contributed by atoms with E-state index in [9.17, 15) is 9.90 Å². The predicted molar refractivity (Wildman–Crippen MR) is 95.4 cm³/mol. The first-order chi connectivity index (χ1) is 12.3. The molecule has 25 heavy (non-hydrogen) atoms. The number of aromatic amines is 1. The van der Waals surface area contributed by atoms with Crippen molar-refractivity contribution < 1.29 is 5.11 Å². The van der Waals surface area contributed by atoms with Gasteiger partial charge in [-0.3, -0.25) is 14.8 Å². The Morgan fingerprint density at radius 1 is 1.32 bits per heavy atom. The largest absolute Gasteiger partial charge is 0.395 e. The van der Waals surface area contributed by atoms with Crippen molar-refractivity contribution in [3.8, 4) is 0 Å². The fourth-order valence-electron chi connectivity index (χ4n) is 3.85. The van der Waals surface area contributed by atoms with Crippen LogP contribution in [0.3, 0.4) is 0 Å². The van der Waals surface area contributed by atoms with E-state index in [1.54, 1.807) is 18.3 Å². The van der Waals surface area contributed by atoms with Crippen LogP contribution in [0.4, 0.5) is 0 Å². The van der Waals surface area contributed by atoms with E-state index < -0.39 is 0 Å². The number of nitrogens with one attached hydrogen (secondary N) is 1. The first kappa shape index (κ1) is 16.1. The molecule has 0 bridgehead atoms. The molecule has 2 aromatic heterocycles. The molecule has 1 aromatic carbocycles. The summed E-state index contributed by atoms with van der Waals surface area (Å²) in [7, 11) is 0. The number of aryl methyl sites for hydroxylation is 1. The quantitative estimate of drug-likeness (QED) is 0.745. The monoisotopic (exact) mass is 338 g/mol. The minimum atomic E-state index is -0.113. The molecule has 1 unspecified atom stereocenters. The Bertz CT molecular complexity index is 930. The van der Waals surface area contributed by atoms with Crippen LogP contribution in [-0.2, 0) is 13.0 Å². The van der Waals surface area contributed by atoms with Gasteiger partial charge < -0.3 is 5.11 Å². The Kier molecular flexibility index (Phi) is 4.38. The average Bonchev–Trinajstić information content (AvgIpc) is 3.10. The molecule has 0 radical (unpaired) electrons. The van der Waals surface area contributed by atoms with Gasteiger partial charge in [-0.25, -0.2) is 9.50 Å². The summed E-state index contributed by atoms with van der Waals surface area (Å²) in [6.45, 7) is 1.20. The highest BCUT2D eigenvalue weighted by molar-refractivity contribution is 5.36. The van der Waals surface area contributed by atoms with Gasteiger partial charge in [0, 0.05) is 37.5 Å². The van der Waals surface area contributed by atoms with Crippen LogP contribution in [0, 0.1) is 0 Å². The lowest BCUT2D eigenvalue weighted by Gasteiger charge is -2.35. The second-order valence-corrected chi connectivity index (χ2v) is 6.54. The van der Waals surface area contributed by atoms with Crippen LogP contribution < -0.4 is 5.56 Å². The van der Waals surface area contributed by atoms with Crippen molar-refractivity contribution in [2.75, 3.05) is 13.2 Å². The molecule has 2 N–H and O–H groups in total. The molecule has 4 rings (SSSR count). The first-order valence-electron chi connectivity index (χ1n) is 8.75. The van der Waals surface area contributed by atoms with Crippen molar-refractivity contribution >= 4 is 5.65 Å². The molecule has 0 saturated heterocycles. The molecule has 0 saturated carbocycles. The van der Waals surface area contributed by atoms with Gasteiger partial charge in [0.2, 0.25) is 0 Å². The van der Waals surface area contributed by atoms with Crippen molar-refractivity contribution in [2.45, 2.75) is 31.8 Å². The number of hydrogen-bond acceptors (Lipinski definition) is 4. The summed E-state index contributed by atoms with van der Waals surface area (Å²) in [4.78, 5) is 19.0. The average molecular weight is 338 g/mol. The zero-order chi connectivity index (χ0) is 17.2. The summed E-state index contributed by atoms with van der Waals surface area (Å²) < 4.78 is 1.43. The normalized spacial score (nSPS) is 17.1. The summed E-state index contributed by atoms with van der Waals surface area (Å²) in [5.41, 5.74) is 3.96. The first-order valence-corrected chi connectivity index (χ1v) is 8.75. The molecule has 0 amide bonds. The number of aliphatic hydroxyl groups excluding tert-OH is 1. The van der Waals surface area contributed by atoms with Gasteiger partial charge >= 0.3 is 0 Å². The molecule has 3 aromatic rings. The highest BCUT2D eigenvalue weighted by Crippen LogP contribution is 2.34. The van der Waals surface area contributed by atoms with Crippen molar-refractivity contribution in [2.24, 2.45) is 0 Å². The van der Waals surface area contributed by atoms with Gasteiger partial charge in [0.15, 0.2) is 5.65 Å². The number of rotatable bonds is 5. The van der Waals surface area contributed by atoms with Crippen LogP contribution in [0.1, 0.15) is 35.7 Å². The van der Waals surface area contributed by atoms with E-state index in [4.69, 9.17) is 0 Å². The van der Waals surface area contributed by atoms with E-state index in [0.29, 0.717) is 18.7 Å². The summed E-state index contributed by atoms with van der Waals surface area (Å²) >= 11 is 0. The third-order valence-corrected chi connectivity index (χ3v) is 4.96. The van der Waals surface area contributed by atoms with E-state index in [1.165, 1.54) is 15.6 Å². The van der Waals surface area contributed by atoms with Crippen LogP contribution in [0.2, 0.25) is 0 Å². The van der Waals surface area contributed by atoms with Gasteiger partial charge in [-0.1, -0.05) is 24.3 Å². The molecular weight excluding hydrogens is 316 g/mol. The van der Waals surface area contributed by atoms with Gasteiger partial charge in [-0.15, -0.1) is 0 Å². The SMILES string of the molecule is O=c1cc(CN(CCO)C2CCCc3ccccc32)nc2cc[nH]n12. The van der Waals surface area contributed by atoms with E-state index in [0.717, 1.165) is 25.0 Å². The highest BCUT2D eigenvalue weighted by atomic mass is 16.3. The summed E-state index contributed by atoms with van der Waals surface area (Å²) in [6, 6.07) is 12.1. The van der Waals surface area contributed by atoms with Gasteiger partial charge in [0.1, 0.15) is 0 Å². The Morgan fingerprint density at radius 3 is 3.08 bits per heavy atom. The Hall–Kier alpha value is -2.44. The Balaban J connectivity index is 1.66. The van der Waals surface area contributed by atoms with Gasteiger partial charge in [-0.05, 0) is 30.4 Å². The maximum atomic E-state index is 12.2. The Morgan fingerprint density at radius 2 is 2.20 bits per heavy atom. The zero-order valence-electron chi connectivity index (χ0n) is 14.1. The molecule has 130 valence electrons. The second kappa shape index (κ2) is 6.82. The third kappa shape index (κ3) is 3.10. The lowest BCUT2D eigenvalue weighted by atomic mass is 9.86. The second-order valence-electron chi connectivity index (χ2n) is 6.54. The fraction of sp³-hybridized carbons (Fsp3) is 0.368. The van der Waals surface area contributed by atoms with E-state index >= 15 is 0 Å². The van der Waals surface area contributed by atoms with Crippen molar-refractivity contribution in [1.29, 1.82) is 0 Å². The lowest BCUT2D eigenvalue weighted by Crippen LogP contribution is -2.34. The van der Waals surface area contributed by atoms with E-state index in [1.807, 2.05) is 0 Å². The van der Waals surface area contributed by atoms with Crippen LogP contribution >= 0.6 is 0 Å². The summed E-state index contributed by atoms with van der Waals surface area (Å²) in [5, 5.41) is 12.4. The van der Waals surface area contributed by atoms with Crippen LogP contribution in [0.15, 0.2) is 47.4 Å². The summed E-state index contributed by atoms with van der Waals surface area (Å²) in [6.07, 6.45) is 5.00. The number of H-pyrrole nitrogens is 1. The fourth-order valence-corrected chi connectivity index (χ4v) is 3.85. The maximum Gasteiger partial charge on any atom is 0.272 e. The van der Waals surface area contributed by atoms with Crippen molar-refractivity contribution in [1.82, 2.24) is 19.5 Å². The highest BCUT2D eigenvalue weighted by Gasteiger charge is 2.26. The topological polar surface area (TPSA) is 73.6 Å². The van der Waals surface area contributed by atoms with E-state index in [2.05, 4.69) is 39.2 Å². The number of aliphatic hydroxyl groups is 1. The Labute approximate surface area is 145 Å². The number of benzene rings is 1. The molecular formula is C19H22N4O2. The molecule has 1 aliphatic carbocycles. The minimum absolute atomic E-state index is 0.0873. The van der Waals surface area contributed by atoms with Gasteiger partial charge in [0.25, 0.3) is 5.56 Å². The smallest absolute Gasteiger partial charge is 0.272 e. The molecule has 0 fully saturated rings. The molecule has 1 aliphatic rings. The molecule has 0 spiro atoms. The van der Waals surface area contributed by atoms with E-state index in [-0.39, 0.29) is 18.2 Å². The van der Waals surface area contributed by atoms with Crippen LogP contribution in [0.5, 0.6) is 0 Å². The number of nitrogens with zero attached hydrogens (tertiary/aromatic N) is 3.